The Morgan fingerprint density at radius 3 is 2.27 bits per heavy atom. The quantitative estimate of drug-likeness (QED) is 0.259. The predicted molar refractivity (Wildman–Crippen MR) is 43.5 cm³/mol. The maximum atomic E-state index is 10.1. The summed E-state index contributed by atoms with van der Waals surface area (Å²) in [7, 11) is 0. The number of nitrogens with zero attached hydrogens (tertiary/aromatic N) is 1. The fraction of sp³-hybridized carbons (Fsp3) is 0.125. The molecule has 0 saturated carbocycles. The van der Waals surface area contributed by atoms with Crippen LogP contribution in [0.15, 0.2) is 28.4 Å². The van der Waals surface area contributed by atoms with E-state index in [9.17, 15) is 9.59 Å². The van der Waals surface area contributed by atoms with Crippen LogP contribution < -0.4 is 0 Å². The number of rotatable bonds is 4. The molecule has 0 aliphatic carbocycles. The molecule has 3 heteroatoms. The third-order valence-electron chi connectivity index (χ3n) is 1.01. The summed E-state index contributed by atoms with van der Waals surface area (Å²) in [6.07, 6.45) is 4.21. The molecule has 0 saturated heterocycles. The topological polar surface area (TPSA) is 46.5 Å². The standard InChI is InChI=1S/C8H9NO2/c1-7(5-10)3-4-8(6-11)9-2/h3-6H,2H2,1H3/b7-3+,8-4-. The molecular weight excluding hydrogens is 142 g/mol. The minimum absolute atomic E-state index is 0.214. The number of aliphatic imine (C=N–C) groups is 1. The maximum absolute atomic E-state index is 10.1. The van der Waals surface area contributed by atoms with Crippen LogP contribution in [0.5, 0.6) is 0 Å². The van der Waals surface area contributed by atoms with E-state index in [1.165, 1.54) is 12.2 Å². The molecule has 0 atom stereocenters. The van der Waals surface area contributed by atoms with Crippen LogP contribution in [0.1, 0.15) is 6.92 Å². The van der Waals surface area contributed by atoms with Crippen LogP contribution in [0.3, 0.4) is 0 Å². The molecule has 0 N–H and O–H groups in total. The van der Waals surface area contributed by atoms with Crippen molar-refractivity contribution in [2.45, 2.75) is 6.92 Å². The van der Waals surface area contributed by atoms with E-state index in [-0.39, 0.29) is 5.70 Å². The van der Waals surface area contributed by atoms with Crippen LogP contribution in [-0.4, -0.2) is 19.3 Å². The highest BCUT2D eigenvalue weighted by atomic mass is 16.1. The van der Waals surface area contributed by atoms with Crippen LogP contribution in [0, 0.1) is 0 Å². The van der Waals surface area contributed by atoms with Gasteiger partial charge in [-0.1, -0.05) is 6.08 Å². The molecule has 0 aliphatic heterocycles. The van der Waals surface area contributed by atoms with E-state index < -0.39 is 0 Å². The molecule has 0 radical (unpaired) electrons. The largest absolute Gasteiger partial charge is 0.298 e. The van der Waals surface area contributed by atoms with Gasteiger partial charge in [0.05, 0.1) is 0 Å². The Labute approximate surface area is 65.1 Å². The van der Waals surface area contributed by atoms with Gasteiger partial charge in [0.15, 0.2) is 6.29 Å². The second-order valence-corrected chi connectivity index (χ2v) is 1.90. The number of allylic oxidation sites excluding steroid dienone is 4. The smallest absolute Gasteiger partial charge is 0.168 e. The summed E-state index contributed by atoms with van der Waals surface area (Å²) in [5.74, 6) is 0. The SMILES string of the molecule is C=N/C(C=O)=C\C=C(/C)C=O. The van der Waals surface area contributed by atoms with Crippen LogP contribution in [0.4, 0.5) is 0 Å². The van der Waals surface area contributed by atoms with Crippen molar-refractivity contribution in [2.24, 2.45) is 4.99 Å². The van der Waals surface area contributed by atoms with Crippen molar-refractivity contribution < 1.29 is 9.59 Å². The first-order valence-corrected chi connectivity index (χ1v) is 3.00. The molecule has 58 valence electrons. The van der Waals surface area contributed by atoms with Crippen LogP contribution in [0.25, 0.3) is 0 Å². The molecule has 0 rings (SSSR count). The zero-order valence-corrected chi connectivity index (χ0v) is 6.28. The van der Waals surface area contributed by atoms with E-state index in [2.05, 4.69) is 11.7 Å². The molecule has 0 amide bonds. The van der Waals surface area contributed by atoms with Crippen molar-refractivity contribution in [3.8, 4) is 0 Å². The van der Waals surface area contributed by atoms with Crippen LogP contribution in [-0.2, 0) is 9.59 Å². The zero-order valence-electron chi connectivity index (χ0n) is 6.28. The summed E-state index contributed by atoms with van der Waals surface area (Å²) in [6.45, 7) is 4.80. The number of hydrogen-bond donors (Lipinski definition) is 0. The molecule has 0 unspecified atom stereocenters. The van der Waals surface area contributed by atoms with Gasteiger partial charge in [-0.2, -0.15) is 0 Å². The number of hydrogen-bond acceptors (Lipinski definition) is 3. The zero-order chi connectivity index (χ0) is 8.69. The van der Waals surface area contributed by atoms with Gasteiger partial charge in [-0.15, -0.1) is 0 Å². The highest BCUT2D eigenvalue weighted by molar-refractivity contribution is 5.77. The highest BCUT2D eigenvalue weighted by Gasteiger charge is 1.85. The summed E-state index contributed by atoms with van der Waals surface area (Å²) in [4.78, 5) is 23.6. The molecule has 3 nitrogen and oxygen atoms in total. The van der Waals surface area contributed by atoms with Gasteiger partial charge in [0, 0.05) is 0 Å². The van der Waals surface area contributed by atoms with Crippen LogP contribution in [0.2, 0.25) is 0 Å². The molecule has 0 aromatic rings. The van der Waals surface area contributed by atoms with E-state index in [0.29, 0.717) is 18.1 Å². The summed E-state index contributed by atoms with van der Waals surface area (Å²) in [5.41, 5.74) is 0.749. The van der Waals surface area contributed by atoms with E-state index >= 15 is 0 Å². The lowest BCUT2D eigenvalue weighted by Crippen LogP contribution is -1.78. The first-order chi connectivity index (χ1) is 5.24. The minimum atomic E-state index is 0.214. The molecule has 0 aromatic heterocycles. The molecule has 0 heterocycles. The van der Waals surface area contributed by atoms with Crippen molar-refractivity contribution in [1.29, 1.82) is 0 Å². The Kier molecular flexibility index (Phi) is 4.56. The third-order valence-corrected chi connectivity index (χ3v) is 1.01. The van der Waals surface area contributed by atoms with E-state index in [4.69, 9.17) is 0 Å². The number of aldehydes is 2. The lowest BCUT2D eigenvalue weighted by atomic mass is 10.3. The average Bonchev–Trinajstić information content (AvgIpc) is 2.06. The second kappa shape index (κ2) is 5.29. The van der Waals surface area contributed by atoms with Crippen molar-refractivity contribution in [1.82, 2.24) is 0 Å². The Morgan fingerprint density at radius 2 is 1.91 bits per heavy atom. The highest BCUT2D eigenvalue weighted by Crippen LogP contribution is 1.93. The van der Waals surface area contributed by atoms with Crippen molar-refractivity contribution >= 4 is 19.3 Å². The van der Waals surface area contributed by atoms with E-state index in [1.54, 1.807) is 6.92 Å². The molecular formula is C8H9NO2. The molecule has 0 bridgehead atoms. The predicted octanol–water partition coefficient (Wildman–Crippen LogP) is 0.915. The summed E-state index contributed by atoms with van der Waals surface area (Å²) in [5, 5.41) is 0. The van der Waals surface area contributed by atoms with Crippen molar-refractivity contribution in [3.05, 3.63) is 23.4 Å². The molecule has 0 aliphatic rings. The fourth-order valence-electron chi connectivity index (χ4n) is 0.385. The van der Waals surface area contributed by atoms with Gasteiger partial charge in [0.1, 0.15) is 12.0 Å². The molecule has 0 fully saturated rings. The summed E-state index contributed by atoms with van der Waals surface area (Å²) in [6, 6.07) is 0. The lowest BCUT2D eigenvalue weighted by Gasteiger charge is -1.84. The summed E-state index contributed by atoms with van der Waals surface area (Å²) < 4.78 is 0. The normalized spacial score (nSPS) is 12.5. The lowest BCUT2D eigenvalue weighted by molar-refractivity contribution is -0.105. The van der Waals surface area contributed by atoms with E-state index in [0.717, 1.165) is 0 Å². The Balaban J connectivity index is 4.40. The van der Waals surface area contributed by atoms with Gasteiger partial charge in [-0.05, 0) is 25.3 Å². The average molecular weight is 151 g/mol. The van der Waals surface area contributed by atoms with Gasteiger partial charge in [0.2, 0.25) is 0 Å². The van der Waals surface area contributed by atoms with Gasteiger partial charge >= 0.3 is 0 Å². The van der Waals surface area contributed by atoms with Gasteiger partial charge in [-0.25, -0.2) is 0 Å². The molecule has 11 heavy (non-hydrogen) atoms. The van der Waals surface area contributed by atoms with Gasteiger partial charge in [-0.3, -0.25) is 14.6 Å². The van der Waals surface area contributed by atoms with E-state index in [1.807, 2.05) is 0 Å². The number of carbonyl (C=O) groups is 2. The first kappa shape index (κ1) is 9.49. The van der Waals surface area contributed by atoms with Crippen molar-refractivity contribution in [3.63, 3.8) is 0 Å². The minimum Gasteiger partial charge on any atom is -0.298 e. The Bertz CT molecular complexity index is 216. The monoisotopic (exact) mass is 151 g/mol. The number of carbonyl (C=O) groups excluding carboxylic acids is 2. The first-order valence-electron chi connectivity index (χ1n) is 3.00. The fourth-order valence-corrected chi connectivity index (χ4v) is 0.385. The molecule has 0 aromatic carbocycles. The van der Waals surface area contributed by atoms with Crippen molar-refractivity contribution in [2.75, 3.05) is 0 Å². The third kappa shape index (κ3) is 3.97. The van der Waals surface area contributed by atoms with Gasteiger partial charge in [0.25, 0.3) is 0 Å². The second-order valence-electron chi connectivity index (χ2n) is 1.90. The van der Waals surface area contributed by atoms with Crippen LogP contribution >= 0.6 is 0 Å². The summed E-state index contributed by atoms with van der Waals surface area (Å²) >= 11 is 0. The molecule has 0 spiro atoms. The Morgan fingerprint density at radius 1 is 1.27 bits per heavy atom. The maximum Gasteiger partial charge on any atom is 0.168 e. The Hall–Kier alpha value is -1.51. The van der Waals surface area contributed by atoms with Gasteiger partial charge < -0.3 is 0 Å².